The van der Waals surface area contributed by atoms with Crippen molar-refractivity contribution in [2.45, 2.75) is 353 Å². The van der Waals surface area contributed by atoms with Crippen LogP contribution in [0.25, 0.3) is 0 Å². The van der Waals surface area contributed by atoms with Crippen molar-refractivity contribution in [3.63, 3.8) is 0 Å². The first kappa shape index (κ1) is 70.5. The van der Waals surface area contributed by atoms with E-state index in [-0.39, 0.29) is 19.1 Å². The lowest BCUT2D eigenvalue weighted by Gasteiger charge is -2.30. The van der Waals surface area contributed by atoms with Crippen LogP contribution in [0.1, 0.15) is 341 Å². The Hall–Kier alpha value is -0.500. The molecule has 3 unspecified atom stereocenters. The Bertz CT molecular complexity index is 1120. The molecule has 0 aliphatic rings. The highest BCUT2D eigenvalue weighted by molar-refractivity contribution is 7.45. The first-order valence-electron chi connectivity index (χ1n) is 31.9. The normalized spacial score (nSPS) is 13.7. The van der Waals surface area contributed by atoms with Crippen LogP contribution in [0.15, 0.2) is 0 Å². The van der Waals surface area contributed by atoms with Gasteiger partial charge in [-0.05, 0) is 12.8 Å². The molecule has 0 heterocycles. The fraction of sp³-hybridized carbons (Fsp3) is 0.984. The third-order valence-electron chi connectivity index (χ3n) is 15.1. The maximum absolute atomic E-state index is 13.0. The second-order valence-electron chi connectivity index (χ2n) is 23.5. The molecule has 0 aliphatic heterocycles. The molecule has 71 heavy (non-hydrogen) atoms. The van der Waals surface area contributed by atoms with E-state index in [1.54, 1.807) is 0 Å². The van der Waals surface area contributed by atoms with Gasteiger partial charge in [0, 0.05) is 6.42 Å². The van der Waals surface area contributed by atoms with Crippen LogP contribution < -0.4 is 10.2 Å². The van der Waals surface area contributed by atoms with Gasteiger partial charge in [-0.3, -0.25) is 9.36 Å². The Morgan fingerprint density at radius 2 is 0.690 bits per heavy atom. The second kappa shape index (κ2) is 54.3. The van der Waals surface area contributed by atoms with Crippen LogP contribution >= 0.6 is 7.82 Å². The zero-order chi connectivity index (χ0) is 52.0. The standard InChI is InChI=1S/C62H127N2O6P/c1-6-8-10-12-14-16-18-20-22-24-26-28-29-30-31-32-33-34-36-38-40-42-44-46-48-50-52-54-56-62(66)63-60(59-70-71(67,68)69-58-57-64(3,4)5)61(65)55-53-51-49-47-45-43-41-39-37-35-27-25-23-21-19-17-15-13-11-9-7-2/h60-61,65H,6-59H2,1-5H3,(H-,63,66,67,68). The molecule has 0 aromatic carbocycles. The number of aliphatic hydroxyl groups is 1. The number of nitrogens with zero attached hydrogens (tertiary/aromatic N) is 1. The van der Waals surface area contributed by atoms with E-state index in [1.807, 2.05) is 21.1 Å². The molecule has 9 heteroatoms. The van der Waals surface area contributed by atoms with Gasteiger partial charge in [0.15, 0.2) is 0 Å². The number of quaternary nitrogens is 1. The summed E-state index contributed by atoms with van der Waals surface area (Å²) >= 11 is 0. The molecule has 0 fully saturated rings. The smallest absolute Gasteiger partial charge is 0.268 e. The molecule has 3 atom stereocenters. The lowest BCUT2D eigenvalue weighted by molar-refractivity contribution is -0.870. The van der Waals surface area contributed by atoms with Crippen molar-refractivity contribution in [3.05, 3.63) is 0 Å². The number of phosphoric acid groups is 1. The van der Waals surface area contributed by atoms with Crippen molar-refractivity contribution in [1.82, 2.24) is 5.32 Å². The Labute approximate surface area is 444 Å². The van der Waals surface area contributed by atoms with Gasteiger partial charge < -0.3 is 28.8 Å². The molecule has 426 valence electrons. The first-order valence-corrected chi connectivity index (χ1v) is 33.3. The summed E-state index contributed by atoms with van der Waals surface area (Å²) in [6.07, 6.45) is 65.8. The molecule has 0 aromatic rings. The van der Waals surface area contributed by atoms with E-state index in [0.717, 1.165) is 38.5 Å². The maximum atomic E-state index is 13.0. The molecule has 0 spiro atoms. The summed E-state index contributed by atoms with van der Waals surface area (Å²) in [5.41, 5.74) is 0. The molecule has 0 aliphatic carbocycles. The molecule has 8 nitrogen and oxygen atoms in total. The van der Waals surface area contributed by atoms with Gasteiger partial charge in [0.05, 0.1) is 39.9 Å². The Kier molecular flexibility index (Phi) is 53.9. The van der Waals surface area contributed by atoms with Crippen LogP contribution in [-0.4, -0.2) is 68.5 Å². The Morgan fingerprint density at radius 1 is 0.437 bits per heavy atom. The van der Waals surface area contributed by atoms with Gasteiger partial charge in [0.1, 0.15) is 13.2 Å². The van der Waals surface area contributed by atoms with Crippen molar-refractivity contribution in [2.24, 2.45) is 0 Å². The van der Waals surface area contributed by atoms with Gasteiger partial charge in [-0.25, -0.2) is 0 Å². The molecular formula is C62H127N2O6P. The molecule has 0 aromatic heterocycles. The average molecular weight is 1030 g/mol. The topological polar surface area (TPSA) is 108 Å². The van der Waals surface area contributed by atoms with Crippen molar-refractivity contribution in [3.8, 4) is 0 Å². The summed E-state index contributed by atoms with van der Waals surface area (Å²) in [5, 5.41) is 14.1. The number of nitrogens with one attached hydrogen (secondary N) is 1. The number of carbonyl (C=O) groups excluding carboxylic acids is 1. The Balaban J connectivity index is 4.03. The average Bonchev–Trinajstić information content (AvgIpc) is 3.33. The fourth-order valence-electron chi connectivity index (χ4n) is 10.1. The van der Waals surface area contributed by atoms with Crippen LogP contribution in [-0.2, 0) is 18.4 Å². The predicted molar refractivity (Wildman–Crippen MR) is 307 cm³/mol. The van der Waals surface area contributed by atoms with Gasteiger partial charge in [0.25, 0.3) is 7.82 Å². The number of amides is 1. The lowest BCUT2D eigenvalue weighted by Crippen LogP contribution is -2.46. The second-order valence-corrected chi connectivity index (χ2v) is 24.9. The Morgan fingerprint density at radius 3 is 0.958 bits per heavy atom. The van der Waals surface area contributed by atoms with E-state index >= 15 is 0 Å². The molecule has 0 bridgehead atoms. The first-order chi connectivity index (χ1) is 34.5. The zero-order valence-electron chi connectivity index (χ0n) is 48.7. The number of phosphoric ester groups is 1. The minimum atomic E-state index is -4.57. The number of hydrogen-bond acceptors (Lipinski definition) is 6. The van der Waals surface area contributed by atoms with E-state index < -0.39 is 20.0 Å². The highest BCUT2D eigenvalue weighted by Gasteiger charge is 2.24. The minimum Gasteiger partial charge on any atom is -0.756 e. The van der Waals surface area contributed by atoms with E-state index in [4.69, 9.17) is 9.05 Å². The maximum Gasteiger partial charge on any atom is 0.268 e. The number of unbranched alkanes of at least 4 members (excludes halogenated alkanes) is 47. The zero-order valence-corrected chi connectivity index (χ0v) is 49.6. The van der Waals surface area contributed by atoms with Crippen LogP contribution in [0.5, 0.6) is 0 Å². The quantitative estimate of drug-likeness (QED) is 0.0357. The molecule has 0 radical (unpaired) electrons. The monoisotopic (exact) mass is 1030 g/mol. The number of likely N-dealkylation sites (N-methyl/N-ethyl adjacent to an activating group) is 1. The fourth-order valence-corrected chi connectivity index (χ4v) is 10.8. The predicted octanol–water partition coefficient (Wildman–Crippen LogP) is 19.0. The third kappa shape index (κ3) is 57.1. The summed E-state index contributed by atoms with van der Waals surface area (Å²) in [5.74, 6) is -0.155. The van der Waals surface area contributed by atoms with Crippen LogP contribution in [0.2, 0.25) is 0 Å². The highest BCUT2D eigenvalue weighted by Crippen LogP contribution is 2.38. The van der Waals surface area contributed by atoms with E-state index in [0.29, 0.717) is 23.9 Å². The van der Waals surface area contributed by atoms with Crippen molar-refractivity contribution in [2.75, 3.05) is 40.9 Å². The summed E-state index contributed by atoms with van der Waals surface area (Å²) in [7, 11) is 1.33. The summed E-state index contributed by atoms with van der Waals surface area (Å²) < 4.78 is 23.5. The van der Waals surface area contributed by atoms with E-state index in [1.165, 1.54) is 276 Å². The summed E-state index contributed by atoms with van der Waals surface area (Å²) in [4.78, 5) is 25.6. The van der Waals surface area contributed by atoms with Crippen molar-refractivity contribution >= 4 is 13.7 Å². The van der Waals surface area contributed by atoms with Gasteiger partial charge in [-0.15, -0.1) is 0 Å². The lowest BCUT2D eigenvalue weighted by atomic mass is 10.0. The van der Waals surface area contributed by atoms with Crippen molar-refractivity contribution < 1.29 is 32.9 Å². The van der Waals surface area contributed by atoms with E-state index in [2.05, 4.69) is 19.2 Å². The molecule has 0 rings (SSSR count). The number of carbonyl (C=O) groups is 1. The molecule has 1 amide bonds. The van der Waals surface area contributed by atoms with Gasteiger partial charge in [0.2, 0.25) is 5.91 Å². The van der Waals surface area contributed by atoms with Gasteiger partial charge >= 0.3 is 0 Å². The van der Waals surface area contributed by atoms with Gasteiger partial charge in [-0.2, -0.15) is 0 Å². The summed E-state index contributed by atoms with van der Waals surface area (Å²) in [6, 6.07) is -0.796. The number of hydrogen-bond donors (Lipinski definition) is 2. The van der Waals surface area contributed by atoms with Crippen LogP contribution in [0.4, 0.5) is 0 Å². The highest BCUT2D eigenvalue weighted by atomic mass is 31.2. The number of aliphatic hydroxyl groups excluding tert-OH is 1. The largest absolute Gasteiger partial charge is 0.756 e. The van der Waals surface area contributed by atoms with Crippen molar-refractivity contribution in [1.29, 1.82) is 0 Å². The van der Waals surface area contributed by atoms with E-state index in [9.17, 15) is 19.4 Å². The SMILES string of the molecule is CCCCCCCCCCCCCCCCCCCCCCCCCCCCCCC(=O)NC(COP(=O)([O-])OCC[N+](C)(C)C)C(O)CCCCCCCCCCCCCCCCCCCCCCC. The molecule has 0 saturated carbocycles. The molecular weight excluding hydrogens is 900 g/mol. The molecule has 0 saturated heterocycles. The third-order valence-corrected chi connectivity index (χ3v) is 16.1. The minimum absolute atomic E-state index is 0.0168. The van der Waals surface area contributed by atoms with Crippen LogP contribution in [0.3, 0.4) is 0 Å². The van der Waals surface area contributed by atoms with Crippen LogP contribution in [0, 0.1) is 0 Å². The number of rotatable bonds is 60. The molecule has 2 N–H and O–H groups in total. The van der Waals surface area contributed by atoms with Gasteiger partial charge in [-0.1, -0.05) is 322 Å². The summed E-state index contributed by atoms with van der Waals surface area (Å²) in [6.45, 7) is 4.79.